The zero-order chi connectivity index (χ0) is 17.9. The second kappa shape index (κ2) is 7.20. The summed E-state index contributed by atoms with van der Waals surface area (Å²) in [5.41, 5.74) is 0.845. The van der Waals surface area contributed by atoms with Gasteiger partial charge in [0.15, 0.2) is 0 Å². The lowest BCUT2D eigenvalue weighted by Gasteiger charge is -2.22. The van der Waals surface area contributed by atoms with Gasteiger partial charge in [0.25, 0.3) is 0 Å². The van der Waals surface area contributed by atoms with Crippen LogP contribution in [0.4, 0.5) is 9.18 Å². The molecule has 0 heterocycles. The molecule has 1 amide bonds. The predicted molar refractivity (Wildman–Crippen MR) is 87.7 cm³/mol. The molecule has 0 saturated carbocycles. The van der Waals surface area contributed by atoms with Gasteiger partial charge in [0.05, 0.1) is 6.04 Å². The SMILES string of the molecule is C[C@@H](COc1cc(F)c2c(c1)CC(C=O)C2)NC(=O)OC(C)(C)C. The number of fused-ring (bicyclic) bond motifs is 1. The molecule has 0 radical (unpaired) electrons. The number of alkyl carbamates (subject to hydrolysis) is 1. The van der Waals surface area contributed by atoms with Crippen LogP contribution >= 0.6 is 0 Å². The Morgan fingerprint density at radius 2 is 2.12 bits per heavy atom. The van der Waals surface area contributed by atoms with Gasteiger partial charge in [-0.25, -0.2) is 9.18 Å². The van der Waals surface area contributed by atoms with E-state index in [0.717, 1.165) is 11.8 Å². The number of ether oxygens (including phenoxy) is 2. The normalized spacial score (nSPS) is 17.8. The molecule has 2 rings (SSSR count). The van der Waals surface area contributed by atoms with E-state index < -0.39 is 11.7 Å². The fraction of sp³-hybridized carbons (Fsp3) is 0.556. The molecule has 1 aromatic carbocycles. The lowest BCUT2D eigenvalue weighted by molar-refractivity contribution is -0.110. The van der Waals surface area contributed by atoms with Crippen molar-refractivity contribution in [3.8, 4) is 5.75 Å². The zero-order valence-corrected chi connectivity index (χ0v) is 14.5. The minimum absolute atomic E-state index is 0.155. The molecule has 6 heteroatoms. The highest BCUT2D eigenvalue weighted by Crippen LogP contribution is 2.31. The van der Waals surface area contributed by atoms with Crippen molar-refractivity contribution in [3.63, 3.8) is 0 Å². The van der Waals surface area contributed by atoms with Gasteiger partial charge in [-0.15, -0.1) is 0 Å². The van der Waals surface area contributed by atoms with Crippen LogP contribution in [0, 0.1) is 11.7 Å². The van der Waals surface area contributed by atoms with Gasteiger partial charge in [0.1, 0.15) is 30.1 Å². The van der Waals surface area contributed by atoms with E-state index in [2.05, 4.69) is 5.32 Å². The van der Waals surface area contributed by atoms with Gasteiger partial charge < -0.3 is 19.6 Å². The van der Waals surface area contributed by atoms with Crippen LogP contribution in [-0.2, 0) is 22.4 Å². The number of amides is 1. The van der Waals surface area contributed by atoms with Gasteiger partial charge in [-0.1, -0.05) is 0 Å². The highest BCUT2D eigenvalue weighted by molar-refractivity contribution is 5.68. The Morgan fingerprint density at radius 3 is 2.75 bits per heavy atom. The van der Waals surface area contributed by atoms with E-state index in [1.165, 1.54) is 6.07 Å². The van der Waals surface area contributed by atoms with Crippen molar-refractivity contribution in [1.82, 2.24) is 5.32 Å². The van der Waals surface area contributed by atoms with E-state index in [1.54, 1.807) is 33.8 Å². The number of rotatable bonds is 5. The molecule has 1 aliphatic rings. The van der Waals surface area contributed by atoms with Gasteiger partial charge in [-0.2, -0.15) is 0 Å². The number of halogens is 1. The van der Waals surface area contributed by atoms with Crippen molar-refractivity contribution < 1.29 is 23.5 Å². The Hall–Kier alpha value is -2.11. The summed E-state index contributed by atoms with van der Waals surface area (Å²) in [6.45, 7) is 7.32. The average Bonchev–Trinajstić information content (AvgIpc) is 2.86. The molecule has 5 nitrogen and oxygen atoms in total. The number of aldehydes is 1. The summed E-state index contributed by atoms with van der Waals surface area (Å²) >= 11 is 0. The standard InChI is InChI=1S/C18H24FNO4/c1-11(20-17(22)24-18(2,3)4)10-23-14-7-13-5-12(9-21)6-15(13)16(19)8-14/h7-9,11-12H,5-6,10H2,1-4H3,(H,20,22)/t11-,12?/m0/s1. The highest BCUT2D eigenvalue weighted by Gasteiger charge is 2.25. The number of hydrogen-bond donors (Lipinski definition) is 1. The van der Waals surface area contributed by atoms with Crippen LogP contribution in [-0.4, -0.2) is 30.6 Å². The number of benzene rings is 1. The van der Waals surface area contributed by atoms with Crippen LogP contribution in [0.15, 0.2) is 12.1 Å². The maximum atomic E-state index is 14.1. The van der Waals surface area contributed by atoms with E-state index in [1.807, 2.05) is 0 Å². The number of hydrogen-bond acceptors (Lipinski definition) is 4. The summed E-state index contributed by atoms with van der Waals surface area (Å²) < 4.78 is 24.8. The van der Waals surface area contributed by atoms with Gasteiger partial charge in [0, 0.05) is 12.0 Å². The molecule has 0 aliphatic heterocycles. The lowest BCUT2D eigenvalue weighted by atomic mass is 10.1. The van der Waals surface area contributed by atoms with Crippen LogP contribution in [0.3, 0.4) is 0 Å². The van der Waals surface area contributed by atoms with Crippen molar-refractivity contribution in [2.45, 2.75) is 52.2 Å². The molecule has 2 atom stereocenters. The highest BCUT2D eigenvalue weighted by atomic mass is 19.1. The fourth-order valence-electron chi connectivity index (χ4n) is 2.64. The summed E-state index contributed by atoms with van der Waals surface area (Å²) in [6.07, 6.45) is 1.33. The second-order valence-corrected chi connectivity index (χ2v) is 7.21. The van der Waals surface area contributed by atoms with Crippen molar-refractivity contribution in [2.75, 3.05) is 6.61 Å². The Balaban J connectivity index is 1.90. The zero-order valence-electron chi connectivity index (χ0n) is 14.5. The molecular weight excluding hydrogens is 313 g/mol. The van der Waals surface area contributed by atoms with E-state index in [4.69, 9.17) is 9.47 Å². The molecule has 0 saturated heterocycles. The maximum Gasteiger partial charge on any atom is 0.407 e. The summed E-state index contributed by atoms with van der Waals surface area (Å²) in [6, 6.07) is 2.80. The quantitative estimate of drug-likeness (QED) is 0.839. The van der Waals surface area contributed by atoms with Gasteiger partial charge in [-0.3, -0.25) is 0 Å². The van der Waals surface area contributed by atoms with Gasteiger partial charge in [0.2, 0.25) is 0 Å². The molecule has 1 N–H and O–H groups in total. The van der Waals surface area contributed by atoms with Crippen LogP contribution < -0.4 is 10.1 Å². The van der Waals surface area contributed by atoms with Crippen LogP contribution in [0.5, 0.6) is 5.75 Å². The smallest absolute Gasteiger partial charge is 0.407 e. The molecule has 0 aromatic heterocycles. The molecule has 0 fully saturated rings. The summed E-state index contributed by atoms with van der Waals surface area (Å²) in [5.74, 6) is -0.104. The second-order valence-electron chi connectivity index (χ2n) is 7.21. The maximum absolute atomic E-state index is 14.1. The van der Waals surface area contributed by atoms with Crippen molar-refractivity contribution >= 4 is 12.4 Å². The fourth-order valence-corrected chi connectivity index (χ4v) is 2.64. The molecule has 0 spiro atoms. The molecule has 132 valence electrons. The monoisotopic (exact) mass is 337 g/mol. The van der Waals surface area contributed by atoms with E-state index in [0.29, 0.717) is 24.2 Å². The minimum atomic E-state index is -0.567. The van der Waals surface area contributed by atoms with E-state index in [9.17, 15) is 14.0 Å². The third-order valence-corrected chi connectivity index (χ3v) is 3.67. The first kappa shape index (κ1) is 18.2. The molecule has 1 aromatic rings. The number of carbonyl (C=O) groups is 2. The van der Waals surface area contributed by atoms with Crippen LogP contribution in [0.1, 0.15) is 38.8 Å². The molecule has 0 bridgehead atoms. The van der Waals surface area contributed by atoms with Gasteiger partial charge in [-0.05, 0) is 57.7 Å². The third-order valence-electron chi connectivity index (χ3n) is 3.67. The largest absolute Gasteiger partial charge is 0.491 e. The summed E-state index contributed by atoms with van der Waals surface area (Å²) in [4.78, 5) is 22.6. The first-order valence-corrected chi connectivity index (χ1v) is 8.07. The lowest BCUT2D eigenvalue weighted by Crippen LogP contribution is -2.40. The van der Waals surface area contributed by atoms with E-state index >= 15 is 0 Å². The number of nitrogens with one attached hydrogen (secondary N) is 1. The first-order chi connectivity index (χ1) is 11.2. The number of carbonyl (C=O) groups excluding carboxylic acids is 2. The summed E-state index contributed by atoms with van der Waals surface area (Å²) in [5, 5.41) is 2.66. The van der Waals surface area contributed by atoms with E-state index in [-0.39, 0.29) is 24.4 Å². The Bertz CT molecular complexity index is 624. The average molecular weight is 337 g/mol. The first-order valence-electron chi connectivity index (χ1n) is 8.07. The molecular formula is C18H24FNO4. The van der Waals surface area contributed by atoms with Gasteiger partial charge >= 0.3 is 6.09 Å². The third kappa shape index (κ3) is 4.94. The molecule has 24 heavy (non-hydrogen) atoms. The Kier molecular flexibility index (Phi) is 5.47. The van der Waals surface area contributed by atoms with Crippen LogP contribution in [0.2, 0.25) is 0 Å². The topological polar surface area (TPSA) is 64.6 Å². The molecule has 1 aliphatic carbocycles. The van der Waals surface area contributed by atoms with Crippen LogP contribution in [0.25, 0.3) is 0 Å². The minimum Gasteiger partial charge on any atom is -0.491 e. The predicted octanol–water partition coefficient (Wildman–Crippen LogP) is 3.03. The Morgan fingerprint density at radius 1 is 1.42 bits per heavy atom. The Labute approximate surface area is 141 Å². The van der Waals surface area contributed by atoms with Crippen molar-refractivity contribution in [3.05, 3.63) is 29.1 Å². The van der Waals surface area contributed by atoms with Crippen molar-refractivity contribution in [2.24, 2.45) is 5.92 Å². The summed E-state index contributed by atoms with van der Waals surface area (Å²) in [7, 11) is 0. The molecule has 1 unspecified atom stereocenters. The van der Waals surface area contributed by atoms with Crippen molar-refractivity contribution in [1.29, 1.82) is 0 Å².